The second-order valence-electron chi connectivity index (χ2n) is 7.68. The first-order valence-electron chi connectivity index (χ1n) is 10.0. The number of hydrogen-bond acceptors (Lipinski definition) is 5. The third kappa shape index (κ3) is 4.56. The van der Waals surface area contributed by atoms with Gasteiger partial charge in [0.1, 0.15) is 5.52 Å². The van der Waals surface area contributed by atoms with Gasteiger partial charge >= 0.3 is 0 Å². The van der Waals surface area contributed by atoms with Gasteiger partial charge in [0.15, 0.2) is 11.4 Å². The highest BCUT2D eigenvalue weighted by molar-refractivity contribution is 9.10. The Balaban J connectivity index is 1.57. The normalized spacial score (nSPS) is 16.2. The third-order valence-corrected chi connectivity index (χ3v) is 5.50. The van der Waals surface area contributed by atoms with E-state index in [0.717, 1.165) is 40.6 Å². The molecule has 4 rings (SSSR count). The zero-order chi connectivity index (χ0) is 20.4. The van der Waals surface area contributed by atoms with E-state index in [0.29, 0.717) is 24.7 Å². The number of nitrogens with zero attached hydrogens (tertiary/aromatic N) is 1. The number of fused-ring (bicyclic) bond motifs is 1. The zero-order valence-electron chi connectivity index (χ0n) is 17.0. The van der Waals surface area contributed by atoms with Crippen molar-refractivity contribution >= 4 is 27.0 Å². The number of aryl methyl sites for hydroxylation is 1. The average molecular weight is 460 g/mol. The molecule has 5 nitrogen and oxygen atoms in total. The van der Waals surface area contributed by atoms with Crippen LogP contribution in [-0.4, -0.2) is 30.9 Å². The summed E-state index contributed by atoms with van der Waals surface area (Å²) in [5.74, 6) is -0.226. The first-order chi connectivity index (χ1) is 13.9. The summed E-state index contributed by atoms with van der Waals surface area (Å²) in [6.45, 7) is 7.95. The van der Waals surface area contributed by atoms with Crippen LogP contribution in [0.1, 0.15) is 38.3 Å². The molecule has 1 saturated heterocycles. The minimum absolute atomic E-state index is 0.281. The van der Waals surface area contributed by atoms with Crippen LogP contribution < -0.4 is 0 Å². The lowest BCUT2D eigenvalue weighted by Crippen LogP contribution is -2.22. The van der Waals surface area contributed by atoms with Crippen LogP contribution in [0, 0.1) is 0 Å². The van der Waals surface area contributed by atoms with Crippen LogP contribution in [0.2, 0.25) is 0 Å². The Morgan fingerprint density at radius 1 is 1.14 bits per heavy atom. The fraction of sp³-hybridized carbons (Fsp3) is 0.435. The molecule has 0 radical (unpaired) electrons. The van der Waals surface area contributed by atoms with Gasteiger partial charge in [-0.3, -0.25) is 0 Å². The second-order valence-corrected chi connectivity index (χ2v) is 8.60. The molecule has 2 heterocycles. The lowest BCUT2D eigenvalue weighted by atomic mass is 10.1. The van der Waals surface area contributed by atoms with Gasteiger partial charge in [-0.25, -0.2) is 4.98 Å². The molecule has 0 N–H and O–H groups in total. The number of aromatic nitrogens is 1. The fourth-order valence-electron chi connectivity index (χ4n) is 3.54. The summed E-state index contributed by atoms with van der Waals surface area (Å²) < 4.78 is 24.4. The van der Waals surface area contributed by atoms with E-state index in [4.69, 9.17) is 23.6 Å². The molecule has 3 aromatic rings. The number of ether oxygens (including phenoxy) is 3. The van der Waals surface area contributed by atoms with Gasteiger partial charge in [0.05, 0.1) is 24.9 Å². The Labute approximate surface area is 179 Å². The quantitative estimate of drug-likeness (QED) is 0.415. The molecule has 0 atom stereocenters. The SMILES string of the molecule is CC(C)OCCCc1ccc(-c2nc3cc(Br)cc(C4(C)OCCO4)c3o2)cc1. The van der Waals surface area contributed by atoms with Crippen molar-refractivity contribution in [2.24, 2.45) is 0 Å². The average Bonchev–Trinajstić information content (AvgIpc) is 3.32. The number of oxazole rings is 1. The maximum Gasteiger partial charge on any atom is 0.227 e. The van der Waals surface area contributed by atoms with E-state index in [2.05, 4.69) is 54.0 Å². The molecule has 1 aromatic heterocycles. The van der Waals surface area contributed by atoms with E-state index in [9.17, 15) is 0 Å². The Morgan fingerprint density at radius 3 is 2.55 bits per heavy atom. The van der Waals surface area contributed by atoms with E-state index in [1.165, 1.54) is 5.56 Å². The van der Waals surface area contributed by atoms with Crippen molar-refractivity contribution in [3.05, 3.63) is 52.0 Å². The van der Waals surface area contributed by atoms with Crippen molar-refractivity contribution in [3.63, 3.8) is 0 Å². The van der Waals surface area contributed by atoms with Crippen LogP contribution in [-0.2, 0) is 26.4 Å². The molecular formula is C23H26BrNO4. The monoisotopic (exact) mass is 459 g/mol. The Hall–Kier alpha value is -1.73. The van der Waals surface area contributed by atoms with Crippen LogP contribution in [0.25, 0.3) is 22.6 Å². The highest BCUT2D eigenvalue weighted by Gasteiger charge is 2.36. The maximum absolute atomic E-state index is 6.17. The van der Waals surface area contributed by atoms with E-state index in [1.54, 1.807) is 0 Å². The molecule has 1 fully saturated rings. The molecule has 29 heavy (non-hydrogen) atoms. The first-order valence-corrected chi connectivity index (χ1v) is 10.8. The predicted molar refractivity (Wildman–Crippen MR) is 116 cm³/mol. The molecule has 1 aliphatic rings. The smallest absolute Gasteiger partial charge is 0.227 e. The lowest BCUT2D eigenvalue weighted by molar-refractivity contribution is -0.149. The molecule has 1 aliphatic heterocycles. The van der Waals surface area contributed by atoms with Crippen LogP contribution in [0.15, 0.2) is 45.3 Å². The summed E-state index contributed by atoms with van der Waals surface area (Å²) >= 11 is 3.57. The number of halogens is 1. The Morgan fingerprint density at radius 2 is 1.86 bits per heavy atom. The molecule has 154 valence electrons. The minimum atomic E-state index is -0.819. The summed E-state index contributed by atoms with van der Waals surface area (Å²) in [6.07, 6.45) is 2.28. The largest absolute Gasteiger partial charge is 0.436 e. The predicted octanol–water partition coefficient (Wildman–Crippen LogP) is 5.83. The van der Waals surface area contributed by atoms with E-state index >= 15 is 0 Å². The highest BCUT2D eigenvalue weighted by atomic mass is 79.9. The van der Waals surface area contributed by atoms with Gasteiger partial charge in [0.2, 0.25) is 5.89 Å². The van der Waals surface area contributed by atoms with Gasteiger partial charge < -0.3 is 18.6 Å². The van der Waals surface area contributed by atoms with Crippen molar-refractivity contribution in [2.45, 2.75) is 45.5 Å². The van der Waals surface area contributed by atoms with Gasteiger partial charge in [0, 0.05) is 16.6 Å². The molecule has 2 aromatic carbocycles. The lowest BCUT2D eigenvalue weighted by Gasteiger charge is -2.22. The topological polar surface area (TPSA) is 53.7 Å². The molecule has 0 unspecified atom stereocenters. The van der Waals surface area contributed by atoms with Crippen molar-refractivity contribution in [1.82, 2.24) is 4.98 Å². The van der Waals surface area contributed by atoms with Crippen LogP contribution in [0.3, 0.4) is 0 Å². The number of rotatable bonds is 7. The fourth-order valence-corrected chi connectivity index (χ4v) is 3.98. The van der Waals surface area contributed by atoms with Crippen molar-refractivity contribution < 1.29 is 18.6 Å². The molecule has 0 aliphatic carbocycles. The van der Waals surface area contributed by atoms with Crippen LogP contribution >= 0.6 is 15.9 Å². The van der Waals surface area contributed by atoms with E-state index in [-0.39, 0.29) is 6.10 Å². The standard InChI is InChI=1S/C23H26BrNO4/c1-15(2)26-10-4-5-16-6-8-17(9-7-16)22-25-20-14-18(24)13-19(21(20)29-22)23(3)27-11-12-28-23/h6-9,13-15H,4-5,10-12H2,1-3H3. The van der Waals surface area contributed by atoms with Gasteiger partial charge in [-0.2, -0.15) is 0 Å². The number of hydrogen-bond donors (Lipinski definition) is 0. The summed E-state index contributed by atoms with van der Waals surface area (Å²) in [5.41, 5.74) is 4.55. The maximum atomic E-state index is 6.17. The second kappa shape index (κ2) is 8.56. The summed E-state index contributed by atoms with van der Waals surface area (Å²) in [5, 5.41) is 0. The van der Waals surface area contributed by atoms with Gasteiger partial charge in [-0.05, 0) is 63.4 Å². The molecule has 6 heteroatoms. The molecular weight excluding hydrogens is 434 g/mol. The third-order valence-electron chi connectivity index (χ3n) is 5.04. The van der Waals surface area contributed by atoms with Gasteiger partial charge in [0.25, 0.3) is 0 Å². The Kier molecular flexibility index (Phi) is 6.06. The zero-order valence-corrected chi connectivity index (χ0v) is 18.6. The van der Waals surface area contributed by atoms with Crippen molar-refractivity contribution in [3.8, 4) is 11.5 Å². The van der Waals surface area contributed by atoms with Crippen molar-refractivity contribution in [1.29, 1.82) is 0 Å². The number of benzene rings is 2. The van der Waals surface area contributed by atoms with Crippen LogP contribution in [0.5, 0.6) is 0 Å². The first kappa shape index (κ1) is 20.5. The van der Waals surface area contributed by atoms with Crippen LogP contribution in [0.4, 0.5) is 0 Å². The Bertz CT molecular complexity index is 974. The van der Waals surface area contributed by atoms with Gasteiger partial charge in [-0.15, -0.1) is 0 Å². The highest BCUT2D eigenvalue weighted by Crippen LogP contribution is 2.39. The van der Waals surface area contributed by atoms with E-state index in [1.807, 2.05) is 19.1 Å². The van der Waals surface area contributed by atoms with Gasteiger partial charge in [-0.1, -0.05) is 28.1 Å². The molecule has 0 spiro atoms. The molecule has 0 bridgehead atoms. The summed E-state index contributed by atoms with van der Waals surface area (Å²) in [7, 11) is 0. The van der Waals surface area contributed by atoms with E-state index < -0.39 is 5.79 Å². The van der Waals surface area contributed by atoms with Crippen molar-refractivity contribution in [2.75, 3.05) is 19.8 Å². The summed E-state index contributed by atoms with van der Waals surface area (Å²) in [6, 6.07) is 12.3. The molecule has 0 saturated carbocycles. The minimum Gasteiger partial charge on any atom is -0.436 e. The molecule has 0 amide bonds. The summed E-state index contributed by atoms with van der Waals surface area (Å²) in [4.78, 5) is 4.70.